The molecule has 28 heavy (non-hydrogen) atoms. The van der Waals surface area contributed by atoms with Gasteiger partial charge in [-0.1, -0.05) is 25.5 Å². The number of para-hydroxylation sites is 1. The van der Waals surface area contributed by atoms with Gasteiger partial charge in [0, 0.05) is 12.7 Å². The molecule has 154 valence electrons. The van der Waals surface area contributed by atoms with E-state index in [0.717, 1.165) is 19.1 Å². The van der Waals surface area contributed by atoms with Crippen LogP contribution in [0.5, 0.6) is 5.75 Å². The van der Waals surface area contributed by atoms with E-state index in [9.17, 15) is 23.0 Å². The summed E-state index contributed by atoms with van der Waals surface area (Å²) in [6, 6.07) is 5.03. The van der Waals surface area contributed by atoms with Gasteiger partial charge in [-0.25, -0.2) is 13.2 Å². The van der Waals surface area contributed by atoms with Crippen LogP contribution in [0.3, 0.4) is 0 Å². The molecular weight excluding hydrogens is 385 g/mol. The molecular formula is C18H26BNO7S. The first-order chi connectivity index (χ1) is 13.2. The van der Waals surface area contributed by atoms with Crippen molar-refractivity contribution in [1.29, 1.82) is 0 Å². The fourth-order valence-corrected chi connectivity index (χ4v) is 3.54. The van der Waals surface area contributed by atoms with Gasteiger partial charge in [-0.05, 0) is 30.9 Å². The Balaban J connectivity index is 2.00. The molecule has 0 spiro atoms. The Labute approximate surface area is 165 Å². The highest BCUT2D eigenvalue weighted by Crippen LogP contribution is 2.30. The van der Waals surface area contributed by atoms with Gasteiger partial charge >= 0.3 is 13.1 Å². The normalized spacial score (nSPS) is 16.1. The van der Waals surface area contributed by atoms with E-state index in [2.05, 4.69) is 5.32 Å². The second-order valence-electron chi connectivity index (χ2n) is 6.90. The zero-order valence-corrected chi connectivity index (χ0v) is 17.0. The summed E-state index contributed by atoms with van der Waals surface area (Å²) in [5, 5.41) is 12.9. The summed E-state index contributed by atoms with van der Waals surface area (Å²) >= 11 is 0. The monoisotopic (exact) mass is 411 g/mol. The number of ether oxygens (including phenoxy) is 1. The molecule has 1 aliphatic heterocycles. The van der Waals surface area contributed by atoms with Gasteiger partial charge in [0.2, 0.25) is 5.91 Å². The maximum atomic E-state index is 12.3. The third-order valence-electron chi connectivity index (χ3n) is 4.34. The first-order valence-corrected chi connectivity index (χ1v) is 11.4. The number of nitrogens with one attached hydrogen (secondary N) is 1. The molecule has 1 atom stereocenters. The van der Waals surface area contributed by atoms with Crippen molar-refractivity contribution in [2.75, 3.05) is 18.6 Å². The van der Waals surface area contributed by atoms with Crippen LogP contribution in [0.2, 0.25) is 0 Å². The largest absolute Gasteiger partial charge is 0.547 e. The highest BCUT2D eigenvalue weighted by Gasteiger charge is 2.37. The van der Waals surface area contributed by atoms with Crippen molar-refractivity contribution in [3.05, 3.63) is 29.3 Å². The predicted molar refractivity (Wildman–Crippen MR) is 105 cm³/mol. The molecule has 1 aromatic carbocycles. The smallest absolute Gasteiger partial charge is 0.534 e. The van der Waals surface area contributed by atoms with Crippen molar-refractivity contribution in [1.82, 2.24) is 5.32 Å². The Morgan fingerprint density at radius 3 is 2.79 bits per heavy atom. The van der Waals surface area contributed by atoms with E-state index >= 15 is 0 Å². The van der Waals surface area contributed by atoms with Crippen LogP contribution in [-0.2, 0) is 25.8 Å². The van der Waals surface area contributed by atoms with E-state index < -0.39 is 28.9 Å². The van der Waals surface area contributed by atoms with Crippen molar-refractivity contribution in [3.63, 3.8) is 0 Å². The number of unbranched alkanes of at least 4 members (excludes halogenated alkanes) is 1. The molecule has 8 nitrogen and oxygen atoms in total. The lowest BCUT2D eigenvalue weighted by Crippen LogP contribution is -2.53. The summed E-state index contributed by atoms with van der Waals surface area (Å²) in [5.41, 5.74) is 0.919. The van der Waals surface area contributed by atoms with E-state index in [4.69, 9.17) is 9.39 Å². The summed E-state index contributed by atoms with van der Waals surface area (Å²) in [7, 11) is -4.45. The Bertz CT molecular complexity index is 812. The van der Waals surface area contributed by atoms with Crippen LogP contribution < -0.4 is 9.97 Å². The molecule has 0 unspecified atom stereocenters. The standard InChI is InChI=1S/C18H26BNO7S/c1-3-4-10-26-18(22)14-8-5-7-13-12-15(19(23)27-17(13)14)20-16(21)9-6-11-28(2,24)25/h5,7-8,15,23H,3-4,6,9-12H2,1-2H3,(H,20,21)/t15-/m0/s1. The fraction of sp³-hybridized carbons (Fsp3) is 0.556. The summed E-state index contributed by atoms with van der Waals surface area (Å²) in [5.74, 6) is -1.38. The van der Waals surface area contributed by atoms with Crippen LogP contribution in [0.4, 0.5) is 0 Å². The summed E-state index contributed by atoms with van der Waals surface area (Å²) in [6.45, 7) is 2.31. The zero-order chi connectivity index (χ0) is 20.7. The molecule has 0 aromatic heterocycles. The van der Waals surface area contributed by atoms with Gasteiger partial charge in [0.1, 0.15) is 21.2 Å². The number of sulfone groups is 1. The van der Waals surface area contributed by atoms with Gasteiger partial charge < -0.3 is 19.7 Å². The molecule has 1 heterocycles. The van der Waals surface area contributed by atoms with Gasteiger partial charge in [0.15, 0.2) is 0 Å². The summed E-state index contributed by atoms with van der Waals surface area (Å²) in [4.78, 5) is 24.3. The molecule has 0 saturated heterocycles. The van der Waals surface area contributed by atoms with E-state index in [1.807, 2.05) is 6.92 Å². The van der Waals surface area contributed by atoms with E-state index in [1.54, 1.807) is 18.2 Å². The van der Waals surface area contributed by atoms with Crippen LogP contribution in [-0.4, -0.2) is 57.0 Å². The van der Waals surface area contributed by atoms with Gasteiger partial charge in [0.05, 0.1) is 18.3 Å². The molecule has 2 rings (SSSR count). The third-order valence-corrected chi connectivity index (χ3v) is 5.37. The molecule has 1 aromatic rings. The van der Waals surface area contributed by atoms with E-state index in [-0.39, 0.29) is 42.2 Å². The Morgan fingerprint density at radius 2 is 2.11 bits per heavy atom. The topological polar surface area (TPSA) is 119 Å². The Morgan fingerprint density at radius 1 is 1.36 bits per heavy atom. The first-order valence-electron chi connectivity index (χ1n) is 9.32. The molecule has 0 radical (unpaired) electrons. The predicted octanol–water partition coefficient (Wildman–Crippen LogP) is 0.908. The quantitative estimate of drug-likeness (QED) is 0.352. The Hall–Kier alpha value is -2.07. The average molecular weight is 411 g/mol. The average Bonchev–Trinajstić information content (AvgIpc) is 2.61. The van der Waals surface area contributed by atoms with Crippen molar-refractivity contribution in [2.45, 2.75) is 45.0 Å². The lowest BCUT2D eigenvalue weighted by Gasteiger charge is -2.29. The second kappa shape index (κ2) is 9.93. The minimum absolute atomic E-state index is 0.0347. The van der Waals surface area contributed by atoms with Crippen molar-refractivity contribution < 1.29 is 32.4 Å². The number of benzene rings is 1. The van der Waals surface area contributed by atoms with Crippen molar-refractivity contribution >= 4 is 28.8 Å². The van der Waals surface area contributed by atoms with Crippen LogP contribution in [0, 0.1) is 0 Å². The number of hydrogen-bond donors (Lipinski definition) is 2. The molecule has 1 amide bonds. The summed E-state index contributed by atoms with van der Waals surface area (Å²) in [6.07, 6.45) is 3.31. The number of hydrogen-bond acceptors (Lipinski definition) is 7. The fourth-order valence-electron chi connectivity index (χ4n) is 2.87. The van der Waals surface area contributed by atoms with Crippen LogP contribution in [0.1, 0.15) is 48.5 Å². The molecule has 0 aliphatic carbocycles. The number of fused-ring (bicyclic) bond motifs is 1. The molecule has 0 saturated carbocycles. The molecule has 10 heteroatoms. The van der Waals surface area contributed by atoms with Crippen molar-refractivity contribution in [2.24, 2.45) is 0 Å². The molecule has 0 bridgehead atoms. The van der Waals surface area contributed by atoms with Crippen LogP contribution in [0.25, 0.3) is 0 Å². The third kappa shape index (κ3) is 6.52. The first kappa shape index (κ1) is 22.2. The van der Waals surface area contributed by atoms with Gasteiger partial charge in [-0.3, -0.25) is 4.79 Å². The van der Waals surface area contributed by atoms with E-state index in [0.29, 0.717) is 12.2 Å². The van der Waals surface area contributed by atoms with Crippen LogP contribution in [0.15, 0.2) is 18.2 Å². The second-order valence-corrected chi connectivity index (χ2v) is 9.16. The maximum absolute atomic E-state index is 12.3. The van der Waals surface area contributed by atoms with Gasteiger partial charge in [0.25, 0.3) is 0 Å². The number of carbonyl (C=O) groups is 2. The number of carbonyl (C=O) groups excluding carboxylic acids is 2. The lowest BCUT2D eigenvalue weighted by atomic mass is 9.72. The van der Waals surface area contributed by atoms with Crippen molar-refractivity contribution in [3.8, 4) is 5.75 Å². The highest BCUT2D eigenvalue weighted by atomic mass is 32.2. The zero-order valence-electron chi connectivity index (χ0n) is 16.1. The molecule has 2 N–H and O–H groups in total. The van der Waals surface area contributed by atoms with E-state index in [1.165, 1.54) is 0 Å². The van der Waals surface area contributed by atoms with Crippen LogP contribution >= 0.6 is 0 Å². The highest BCUT2D eigenvalue weighted by molar-refractivity contribution is 7.90. The molecule has 1 aliphatic rings. The maximum Gasteiger partial charge on any atom is 0.547 e. The summed E-state index contributed by atoms with van der Waals surface area (Å²) < 4.78 is 33.0. The van der Waals surface area contributed by atoms with Gasteiger partial charge in [-0.15, -0.1) is 0 Å². The number of esters is 1. The number of rotatable bonds is 9. The Kier molecular flexibility index (Phi) is 7.88. The molecule has 0 fully saturated rings. The minimum atomic E-state index is -3.12. The minimum Gasteiger partial charge on any atom is -0.534 e. The van der Waals surface area contributed by atoms with Gasteiger partial charge in [-0.2, -0.15) is 0 Å². The number of amides is 1. The SMILES string of the molecule is CCCCOC(=O)c1cccc2c1OB(O)[C@@H](NC(=O)CCCS(C)(=O)=O)C2. The lowest BCUT2D eigenvalue weighted by molar-refractivity contribution is -0.121.